The Morgan fingerprint density at radius 2 is 1.52 bits per heavy atom. The van der Waals surface area contributed by atoms with Crippen LogP contribution in [0.5, 0.6) is 5.75 Å². The maximum absolute atomic E-state index is 13.5. The fourth-order valence-corrected chi connectivity index (χ4v) is 6.59. The van der Waals surface area contributed by atoms with Gasteiger partial charge in [-0.05, 0) is 65.4 Å². The highest BCUT2D eigenvalue weighted by Gasteiger charge is 2.49. The summed E-state index contributed by atoms with van der Waals surface area (Å²) in [7, 11) is 0. The number of rotatable bonds is 9. The van der Waals surface area contributed by atoms with Crippen LogP contribution in [0.4, 0.5) is 10.1 Å². The van der Waals surface area contributed by atoms with Gasteiger partial charge in [-0.1, -0.05) is 66.7 Å². The Labute approximate surface area is 265 Å². The first kappa shape index (κ1) is 31.8. The fraction of sp³-hybridized carbons (Fsp3) is 0.306. The van der Waals surface area contributed by atoms with Crippen molar-refractivity contribution < 1.29 is 44.6 Å². The summed E-state index contributed by atoms with van der Waals surface area (Å²) in [5, 5.41) is 63.3. The lowest BCUT2D eigenvalue weighted by molar-refractivity contribution is -0.231. The number of aliphatic hydroxyl groups is 5. The minimum absolute atomic E-state index is 0.0907. The maximum Gasteiger partial charge on any atom is 0.233 e. The first-order valence-corrected chi connectivity index (χ1v) is 15.2. The van der Waals surface area contributed by atoms with Crippen LogP contribution in [0.15, 0.2) is 97.1 Å². The lowest BCUT2D eigenvalue weighted by Crippen LogP contribution is -2.55. The van der Waals surface area contributed by atoms with Gasteiger partial charge in [-0.2, -0.15) is 0 Å². The van der Waals surface area contributed by atoms with Gasteiger partial charge in [0.2, 0.25) is 5.91 Å². The number of nitrogens with zero attached hydrogens (tertiary/aromatic N) is 1. The molecular weight excluding hydrogens is 593 g/mol. The lowest BCUT2D eigenvalue weighted by atomic mass is 9.77. The first-order chi connectivity index (χ1) is 22.2. The molecule has 4 aromatic carbocycles. The molecule has 2 heterocycles. The van der Waals surface area contributed by atoms with E-state index in [1.165, 1.54) is 24.3 Å². The molecule has 0 radical (unpaired) electrons. The molecule has 2 fully saturated rings. The Hall–Kier alpha value is -4.16. The van der Waals surface area contributed by atoms with E-state index < -0.39 is 61.0 Å². The molecule has 0 spiro atoms. The third-order valence-corrected chi connectivity index (χ3v) is 9.07. The molecule has 2 saturated heterocycles. The molecule has 6 N–H and O–H groups in total. The molecule has 240 valence electrons. The van der Waals surface area contributed by atoms with Crippen LogP contribution in [0.3, 0.4) is 0 Å². The standard InChI is InChI=1S/C36H36FNO8/c37-22-13-10-20(11-14-22)28(40)17-16-27-31(38(36(27)45)23-6-2-1-3-7-23)21-12-15-25(29(41)18-21)24-8-4-5-9-26(24)35-34(44)33(43)32(42)30(19-39)46-35/h1-15,18,27-28,30-35,39-44H,16-17,19H2/t27-,28+,30-,31-,32-,33+,34-,35+/m1/s1. The zero-order valence-corrected chi connectivity index (χ0v) is 24.8. The monoisotopic (exact) mass is 629 g/mol. The van der Waals surface area contributed by atoms with E-state index in [9.17, 15) is 39.8 Å². The second kappa shape index (κ2) is 13.3. The van der Waals surface area contributed by atoms with E-state index in [1.54, 1.807) is 41.3 Å². The van der Waals surface area contributed by atoms with Crippen molar-refractivity contribution in [3.8, 4) is 16.9 Å². The van der Waals surface area contributed by atoms with Crippen molar-refractivity contribution >= 4 is 11.6 Å². The number of β-lactam (4-membered cyclic amide) rings is 1. The maximum atomic E-state index is 13.5. The van der Waals surface area contributed by atoms with E-state index in [2.05, 4.69) is 0 Å². The van der Waals surface area contributed by atoms with Crippen LogP contribution in [0.2, 0.25) is 0 Å². The number of ether oxygens (including phenoxy) is 1. The van der Waals surface area contributed by atoms with E-state index in [4.69, 9.17) is 4.74 Å². The normalized spacial score (nSPS) is 26.9. The van der Waals surface area contributed by atoms with E-state index >= 15 is 0 Å². The summed E-state index contributed by atoms with van der Waals surface area (Å²) in [6, 6.07) is 26.4. The van der Waals surface area contributed by atoms with E-state index in [1.807, 2.05) is 36.4 Å². The molecule has 0 unspecified atom stereocenters. The van der Waals surface area contributed by atoms with Crippen molar-refractivity contribution in [3.63, 3.8) is 0 Å². The largest absolute Gasteiger partial charge is 0.507 e. The zero-order chi connectivity index (χ0) is 32.5. The number of aromatic hydroxyl groups is 1. The quantitative estimate of drug-likeness (QED) is 0.153. The predicted molar refractivity (Wildman–Crippen MR) is 167 cm³/mol. The molecule has 6 rings (SSSR count). The number of amides is 1. The molecule has 4 aromatic rings. The molecule has 9 nitrogen and oxygen atoms in total. The molecule has 0 saturated carbocycles. The Morgan fingerprint density at radius 3 is 2.22 bits per heavy atom. The molecule has 0 aliphatic carbocycles. The van der Waals surface area contributed by atoms with Crippen molar-refractivity contribution in [1.29, 1.82) is 0 Å². The summed E-state index contributed by atoms with van der Waals surface area (Å²) in [6.45, 7) is -0.566. The number of carbonyl (C=O) groups excluding carboxylic acids is 1. The third kappa shape index (κ3) is 5.91. The number of carbonyl (C=O) groups is 1. The van der Waals surface area contributed by atoms with Gasteiger partial charge in [0.1, 0.15) is 42.1 Å². The van der Waals surface area contributed by atoms with Gasteiger partial charge in [0.05, 0.1) is 24.7 Å². The number of anilines is 1. The molecule has 1 amide bonds. The summed E-state index contributed by atoms with van der Waals surface area (Å²) in [5.74, 6) is -1.09. The van der Waals surface area contributed by atoms with E-state index in [0.29, 0.717) is 39.9 Å². The number of hydrogen-bond donors (Lipinski definition) is 6. The minimum atomic E-state index is -1.56. The topological polar surface area (TPSA) is 151 Å². The summed E-state index contributed by atoms with van der Waals surface area (Å²) in [4.78, 5) is 15.2. The van der Waals surface area contributed by atoms with Crippen LogP contribution >= 0.6 is 0 Å². The second-order valence-corrected chi connectivity index (χ2v) is 11.9. The van der Waals surface area contributed by atoms with E-state index in [-0.39, 0.29) is 18.1 Å². The average Bonchev–Trinajstić information content (AvgIpc) is 3.07. The number of phenolic OH excluding ortho intramolecular Hbond substituents is 1. The Morgan fingerprint density at radius 1 is 0.826 bits per heavy atom. The highest BCUT2D eigenvalue weighted by atomic mass is 19.1. The van der Waals surface area contributed by atoms with Gasteiger partial charge in [0, 0.05) is 11.3 Å². The number of phenols is 1. The highest BCUT2D eigenvalue weighted by molar-refractivity contribution is 6.03. The number of hydrogen-bond acceptors (Lipinski definition) is 8. The van der Waals surface area contributed by atoms with Gasteiger partial charge >= 0.3 is 0 Å². The Balaban J connectivity index is 1.30. The van der Waals surface area contributed by atoms with Crippen LogP contribution in [-0.4, -0.2) is 67.6 Å². The number of benzene rings is 4. The zero-order valence-electron chi connectivity index (χ0n) is 24.8. The fourth-order valence-electron chi connectivity index (χ4n) is 6.59. The summed E-state index contributed by atoms with van der Waals surface area (Å²) in [5.41, 5.74) is 3.31. The second-order valence-electron chi connectivity index (χ2n) is 11.9. The number of halogens is 1. The summed E-state index contributed by atoms with van der Waals surface area (Å²) < 4.78 is 19.2. The summed E-state index contributed by atoms with van der Waals surface area (Å²) >= 11 is 0. The summed E-state index contributed by atoms with van der Waals surface area (Å²) in [6.07, 6.45) is -6.99. The van der Waals surface area contributed by atoms with Crippen molar-refractivity contribution in [2.45, 2.75) is 55.5 Å². The van der Waals surface area contributed by atoms with Crippen molar-refractivity contribution in [3.05, 3.63) is 120 Å². The first-order valence-electron chi connectivity index (χ1n) is 15.2. The third-order valence-electron chi connectivity index (χ3n) is 9.07. The Kier molecular flexibility index (Phi) is 9.19. The van der Waals surface area contributed by atoms with Crippen LogP contribution < -0.4 is 4.90 Å². The molecule has 46 heavy (non-hydrogen) atoms. The Bertz CT molecular complexity index is 1670. The van der Waals surface area contributed by atoms with Crippen molar-refractivity contribution in [2.24, 2.45) is 5.92 Å². The number of para-hydroxylation sites is 1. The van der Waals surface area contributed by atoms with Gasteiger partial charge in [-0.3, -0.25) is 4.79 Å². The number of aliphatic hydroxyl groups excluding tert-OH is 5. The van der Waals surface area contributed by atoms with E-state index in [0.717, 1.165) is 0 Å². The molecule has 0 aromatic heterocycles. The molecule has 2 aliphatic heterocycles. The van der Waals surface area contributed by atoms with Crippen LogP contribution in [0.25, 0.3) is 11.1 Å². The van der Waals surface area contributed by atoms with Crippen molar-refractivity contribution in [1.82, 2.24) is 0 Å². The minimum Gasteiger partial charge on any atom is -0.507 e. The van der Waals surface area contributed by atoms with Crippen LogP contribution in [0, 0.1) is 11.7 Å². The highest BCUT2D eigenvalue weighted by Crippen LogP contribution is 2.48. The van der Waals surface area contributed by atoms with Gasteiger partial charge < -0.3 is 40.3 Å². The van der Waals surface area contributed by atoms with Crippen LogP contribution in [0.1, 0.15) is 47.8 Å². The molecule has 8 atom stereocenters. The van der Waals surface area contributed by atoms with Gasteiger partial charge in [0.15, 0.2) is 0 Å². The van der Waals surface area contributed by atoms with Gasteiger partial charge in [-0.25, -0.2) is 4.39 Å². The van der Waals surface area contributed by atoms with Crippen molar-refractivity contribution in [2.75, 3.05) is 11.5 Å². The average molecular weight is 630 g/mol. The molecule has 10 heteroatoms. The molecule has 2 aliphatic rings. The lowest BCUT2D eigenvalue weighted by Gasteiger charge is -2.48. The smallest absolute Gasteiger partial charge is 0.233 e. The SMILES string of the molecule is O=C1[C@H](CC[C@H](O)c2ccc(F)cc2)[C@@H](c2ccc(-c3ccccc3[C@@H]3O[C@H](CO)[C@@H](O)[C@H](O)[C@H]3O)c(O)c2)N1c1ccccc1. The molecular formula is C36H36FNO8. The predicted octanol–water partition coefficient (Wildman–Crippen LogP) is 3.93. The van der Waals surface area contributed by atoms with Crippen LogP contribution in [-0.2, 0) is 9.53 Å². The van der Waals surface area contributed by atoms with Gasteiger partial charge in [-0.15, -0.1) is 0 Å². The van der Waals surface area contributed by atoms with Gasteiger partial charge in [0.25, 0.3) is 0 Å². The molecule has 0 bridgehead atoms.